The maximum Gasteiger partial charge on any atom is 0.207 e. The van der Waals surface area contributed by atoms with Crippen molar-refractivity contribution >= 4 is 0 Å². The van der Waals surface area contributed by atoms with E-state index in [1.807, 2.05) is 24.3 Å². The minimum atomic E-state index is -0.458. The molecule has 5 nitrogen and oxygen atoms in total. The molecule has 0 aliphatic rings. The van der Waals surface area contributed by atoms with Crippen molar-refractivity contribution in [3.63, 3.8) is 0 Å². The standard InChI is InChI=1S/C16H18O5/c1-20-12-5-3-4-10(8-12)6-7-11-9-13(17)15(19)16(21-2)14(11)18/h3-5,8-9,17-19H,6-7H2,1-2H3. The summed E-state index contributed by atoms with van der Waals surface area (Å²) >= 11 is 0. The third kappa shape index (κ3) is 3.13. The summed E-state index contributed by atoms with van der Waals surface area (Å²) in [5, 5.41) is 29.3. The molecule has 2 aromatic carbocycles. The third-order valence-electron chi connectivity index (χ3n) is 3.31. The first-order valence-electron chi connectivity index (χ1n) is 6.50. The van der Waals surface area contributed by atoms with E-state index in [4.69, 9.17) is 9.47 Å². The molecule has 2 aromatic rings. The van der Waals surface area contributed by atoms with Crippen LogP contribution in [0, 0.1) is 0 Å². The molecule has 0 unspecified atom stereocenters. The van der Waals surface area contributed by atoms with Gasteiger partial charge in [0.2, 0.25) is 11.5 Å². The minimum absolute atomic E-state index is 0.115. The third-order valence-corrected chi connectivity index (χ3v) is 3.31. The average molecular weight is 290 g/mol. The van der Waals surface area contributed by atoms with E-state index in [-0.39, 0.29) is 17.2 Å². The second kappa shape index (κ2) is 6.26. The Kier molecular flexibility index (Phi) is 4.42. The van der Waals surface area contributed by atoms with Gasteiger partial charge in [-0.25, -0.2) is 0 Å². The molecule has 0 fully saturated rings. The molecule has 0 aliphatic carbocycles. The van der Waals surface area contributed by atoms with Gasteiger partial charge >= 0.3 is 0 Å². The molecule has 0 spiro atoms. The Bertz CT molecular complexity index is 637. The number of methoxy groups -OCH3 is 2. The van der Waals surface area contributed by atoms with Crippen molar-refractivity contribution in [2.75, 3.05) is 14.2 Å². The van der Waals surface area contributed by atoms with E-state index in [1.165, 1.54) is 13.2 Å². The molecule has 0 aliphatic heterocycles. The summed E-state index contributed by atoms with van der Waals surface area (Å²) < 4.78 is 10.1. The summed E-state index contributed by atoms with van der Waals surface area (Å²) in [4.78, 5) is 0. The van der Waals surface area contributed by atoms with E-state index in [9.17, 15) is 15.3 Å². The van der Waals surface area contributed by atoms with Crippen LogP contribution in [0.1, 0.15) is 11.1 Å². The zero-order valence-electron chi connectivity index (χ0n) is 12.0. The molecule has 0 amide bonds. The van der Waals surface area contributed by atoms with Gasteiger partial charge in [0, 0.05) is 5.56 Å². The van der Waals surface area contributed by atoms with Gasteiger partial charge in [-0.2, -0.15) is 0 Å². The zero-order chi connectivity index (χ0) is 15.4. The van der Waals surface area contributed by atoms with Crippen molar-refractivity contribution in [1.82, 2.24) is 0 Å². The first-order valence-corrected chi connectivity index (χ1v) is 6.50. The van der Waals surface area contributed by atoms with Gasteiger partial charge in [-0.1, -0.05) is 12.1 Å². The SMILES string of the molecule is COc1cccc(CCc2cc(O)c(O)c(OC)c2O)c1. The molecular weight excluding hydrogens is 272 g/mol. The number of hydrogen-bond acceptors (Lipinski definition) is 5. The van der Waals surface area contributed by atoms with Crippen LogP contribution < -0.4 is 9.47 Å². The van der Waals surface area contributed by atoms with Crippen molar-refractivity contribution in [2.24, 2.45) is 0 Å². The van der Waals surface area contributed by atoms with E-state index in [2.05, 4.69) is 0 Å². The highest BCUT2D eigenvalue weighted by atomic mass is 16.5. The number of hydrogen-bond donors (Lipinski definition) is 3. The van der Waals surface area contributed by atoms with E-state index < -0.39 is 5.75 Å². The highest BCUT2D eigenvalue weighted by molar-refractivity contribution is 5.61. The van der Waals surface area contributed by atoms with Crippen LogP contribution in [0.4, 0.5) is 0 Å². The fraction of sp³-hybridized carbons (Fsp3) is 0.250. The van der Waals surface area contributed by atoms with E-state index >= 15 is 0 Å². The maximum absolute atomic E-state index is 10.1. The van der Waals surface area contributed by atoms with Crippen LogP contribution in [0.5, 0.6) is 28.7 Å². The molecule has 0 radical (unpaired) electrons. The van der Waals surface area contributed by atoms with E-state index in [1.54, 1.807) is 7.11 Å². The lowest BCUT2D eigenvalue weighted by atomic mass is 10.0. The first kappa shape index (κ1) is 14.8. The van der Waals surface area contributed by atoms with Crippen molar-refractivity contribution in [3.8, 4) is 28.7 Å². The van der Waals surface area contributed by atoms with E-state index in [0.29, 0.717) is 18.4 Å². The highest BCUT2D eigenvalue weighted by Gasteiger charge is 2.17. The summed E-state index contributed by atoms with van der Waals surface area (Å²) in [5.41, 5.74) is 1.55. The van der Waals surface area contributed by atoms with Crippen molar-refractivity contribution in [3.05, 3.63) is 41.5 Å². The number of ether oxygens (including phenoxy) is 2. The van der Waals surface area contributed by atoms with Crippen LogP contribution in [0.2, 0.25) is 0 Å². The predicted octanol–water partition coefficient (Wildman–Crippen LogP) is 2.61. The summed E-state index contributed by atoms with van der Waals surface area (Å²) in [6.45, 7) is 0. The van der Waals surface area contributed by atoms with Crippen LogP contribution in [0.3, 0.4) is 0 Å². The topological polar surface area (TPSA) is 79.2 Å². The molecule has 5 heteroatoms. The number of aromatic hydroxyl groups is 3. The fourth-order valence-electron chi connectivity index (χ4n) is 2.17. The Labute approximate surface area is 123 Å². The summed E-state index contributed by atoms with van der Waals surface area (Å²) in [7, 11) is 2.92. The molecule has 2 rings (SSSR count). The van der Waals surface area contributed by atoms with Gasteiger partial charge in [0.25, 0.3) is 0 Å². The average Bonchev–Trinajstić information content (AvgIpc) is 2.50. The van der Waals surface area contributed by atoms with Gasteiger partial charge in [-0.15, -0.1) is 0 Å². The Morgan fingerprint density at radius 1 is 0.905 bits per heavy atom. The van der Waals surface area contributed by atoms with Crippen LogP contribution in [0.25, 0.3) is 0 Å². The predicted molar refractivity (Wildman–Crippen MR) is 78.4 cm³/mol. The number of phenolic OH excluding ortho intramolecular Hbond substituents is 3. The van der Waals surface area contributed by atoms with Crippen LogP contribution >= 0.6 is 0 Å². The normalized spacial score (nSPS) is 10.4. The molecule has 0 saturated heterocycles. The number of rotatable bonds is 5. The van der Waals surface area contributed by atoms with Crippen molar-refractivity contribution in [2.45, 2.75) is 12.8 Å². The highest BCUT2D eigenvalue weighted by Crippen LogP contribution is 2.44. The first-order chi connectivity index (χ1) is 10.1. The molecule has 3 N–H and O–H groups in total. The molecule has 0 aromatic heterocycles. The molecule has 0 bridgehead atoms. The van der Waals surface area contributed by atoms with Gasteiger partial charge in [0.05, 0.1) is 14.2 Å². The molecule has 0 saturated carbocycles. The Morgan fingerprint density at radius 2 is 1.67 bits per heavy atom. The second-order valence-corrected chi connectivity index (χ2v) is 4.64. The largest absolute Gasteiger partial charge is 0.504 e. The smallest absolute Gasteiger partial charge is 0.207 e. The number of aryl methyl sites for hydroxylation is 2. The number of phenols is 3. The van der Waals surface area contributed by atoms with Crippen LogP contribution in [-0.4, -0.2) is 29.5 Å². The molecule has 0 heterocycles. The van der Waals surface area contributed by atoms with Gasteiger partial charge in [-0.3, -0.25) is 0 Å². The van der Waals surface area contributed by atoms with Gasteiger partial charge in [0.15, 0.2) is 11.5 Å². The quantitative estimate of drug-likeness (QED) is 0.582. The lowest BCUT2D eigenvalue weighted by Crippen LogP contribution is -1.95. The molecule has 112 valence electrons. The summed E-state index contributed by atoms with van der Waals surface area (Å²) in [6.07, 6.45) is 1.14. The molecular formula is C16H18O5. The van der Waals surface area contributed by atoms with Crippen molar-refractivity contribution in [1.29, 1.82) is 0 Å². The Balaban J connectivity index is 2.22. The second-order valence-electron chi connectivity index (χ2n) is 4.64. The van der Waals surface area contributed by atoms with E-state index in [0.717, 1.165) is 11.3 Å². The van der Waals surface area contributed by atoms with Crippen LogP contribution in [-0.2, 0) is 12.8 Å². The molecule has 0 atom stereocenters. The van der Waals surface area contributed by atoms with Crippen LogP contribution in [0.15, 0.2) is 30.3 Å². The lowest BCUT2D eigenvalue weighted by Gasteiger charge is -2.12. The Hall–Kier alpha value is -2.56. The zero-order valence-corrected chi connectivity index (χ0v) is 12.0. The van der Waals surface area contributed by atoms with Gasteiger partial charge in [-0.05, 0) is 36.6 Å². The Morgan fingerprint density at radius 3 is 2.33 bits per heavy atom. The monoisotopic (exact) mass is 290 g/mol. The summed E-state index contributed by atoms with van der Waals surface area (Å²) in [6, 6.07) is 8.96. The fourth-order valence-corrected chi connectivity index (χ4v) is 2.17. The molecule has 21 heavy (non-hydrogen) atoms. The van der Waals surface area contributed by atoms with Crippen molar-refractivity contribution < 1.29 is 24.8 Å². The number of benzene rings is 2. The lowest BCUT2D eigenvalue weighted by molar-refractivity contribution is 0.327. The minimum Gasteiger partial charge on any atom is -0.504 e. The van der Waals surface area contributed by atoms with Gasteiger partial charge < -0.3 is 24.8 Å². The van der Waals surface area contributed by atoms with Gasteiger partial charge in [0.1, 0.15) is 5.75 Å². The maximum atomic E-state index is 10.1. The summed E-state index contributed by atoms with van der Waals surface area (Å²) in [5.74, 6) is -0.278.